The van der Waals surface area contributed by atoms with Crippen LogP contribution in [0.4, 0.5) is 0 Å². The summed E-state index contributed by atoms with van der Waals surface area (Å²) in [4.78, 5) is 0. The van der Waals surface area contributed by atoms with Gasteiger partial charge in [-0.2, -0.15) is 0 Å². The van der Waals surface area contributed by atoms with Gasteiger partial charge in [0.25, 0.3) is 0 Å². The molecule has 0 fully saturated rings. The summed E-state index contributed by atoms with van der Waals surface area (Å²) in [7, 11) is 0. The third kappa shape index (κ3) is 1.16. The molecule has 9 heavy (non-hydrogen) atoms. The lowest BCUT2D eigenvalue weighted by molar-refractivity contribution is 0.813. The zero-order valence-electron chi connectivity index (χ0n) is 5.57. The molecule has 0 aromatic carbocycles. The Bertz CT molecular complexity index is 198. The first-order valence-electron chi connectivity index (χ1n) is 2.84. The van der Waals surface area contributed by atoms with Gasteiger partial charge >= 0.3 is 0 Å². The van der Waals surface area contributed by atoms with E-state index in [0.29, 0.717) is 0 Å². The van der Waals surface area contributed by atoms with Crippen molar-refractivity contribution in [3.05, 3.63) is 18.5 Å². The highest BCUT2D eigenvalue weighted by atomic mass is 15.4. The molecule has 0 unspecified atom stereocenters. The summed E-state index contributed by atoms with van der Waals surface area (Å²) in [6.45, 7) is 3.95. The average Bonchev–Trinajstić information content (AvgIpc) is 2.37. The Hall–Kier alpha value is -1.12. The summed E-state index contributed by atoms with van der Waals surface area (Å²) in [5.74, 6) is 0. The molecule has 1 aromatic rings. The molecule has 48 valence electrons. The highest BCUT2D eigenvalue weighted by molar-refractivity contribution is 5.38. The second-order valence-electron chi connectivity index (χ2n) is 1.78. The monoisotopic (exact) mass is 123 g/mol. The van der Waals surface area contributed by atoms with E-state index in [9.17, 15) is 0 Å². The Morgan fingerprint density at radius 2 is 2.44 bits per heavy atom. The van der Waals surface area contributed by atoms with Crippen LogP contribution in [0.5, 0.6) is 0 Å². The van der Waals surface area contributed by atoms with Crippen molar-refractivity contribution in [2.24, 2.45) is 0 Å². The molecule has 0 aliphatic carbocycles. The van der Waals surface area contributed by atoms with E-state index in [0.717, 1.165) is 5.70 Å². The lowest BCUT2D eigenvalue weighted by atomic mass is 10.5. The van der Waals surface area contributed by atoms with Crippen LogP contribution in [0.25, 0.3) is 5.70 Å². The summed E-state index contributed by atoms with van der Waals surface area (Å²) >= 11 is 0. The molecule has 0 N–H and O–H groups in total. The van der Waals surface area contributed by atoms with Crippen LogP contribution in [0.1, 0.15) is 13.8 Å². The Morgan fingerprint density at radius 1 is 1.67 bits per heavy atom. The van der Waals surface area contributed by atoms with E-state index in [1.165, 1.54) is 0 Å². The van der Waals surface area contributed by atoms with Crippen molar-refractivity contribution < 1.29 is 0 Å². The molecule has 0 saturated heterocycles. The van der Waals surface area contributed by atoms with E-state index in [2.05, 4.69) is 10.3 Å². The molecule has 0 aliphatic heterocycles. The molecule has 1 rings (SSSR count). The summed E-state index contributed by atoms with van der Waals surface area (Å²) in [5.41, 5.74) is 1.09. The van der Waals surface area contributed by atoms with Crippen molar-refractivity contribution in [3.8, 4) is 0 Å². The molecule has 0 bridgehead atoms. The highest BCUT2D eigenvalue weighted by Gasteiger charge is 1.88. The topological polar surface area (TPSA) is 30.7 Å². The second-order valence-corrected chi connectivity index (χ2v) is 1.78. The zero-order valence-corrected chi connectivity index (χ0v) is 5.57. The summed E-state index contributed by atoms with van der Waals surface area (Å²) in [6.07, 6.45) is 5.46. The lowest BCUT2D eigenvalue weighted by Crippen LogP contribution is -1.92. The largest absolute Gasteiger partial charge is 0.226 e. The fourth-order valence-electron chi connectivity index (χ4n) is 0.529. The SMILES string of the molecule is C/C=C(\C)n1ccnn1. The van der Waals surface area contributed by atoms with Gasteiger partial charge in [0.2, 0.25) is 0 Å². The van der Waals surface area contributed by atoms with Crippen molar-refractivity contribution in [2.45, 2.75) is 13.8 Å². The summed E-state index contributed by atoms with van der Waals surface area (Å²) in [5, 5.41) is 7.45. The van der Waals surface area contributed by atoms with E-state index in [-0.39, 0.29) is 0 Å². The number of hydrogen-bond acceptors (Lipinski definition) is 2. The molecule has 1 heterocycles. The van der Waals surface area contributed by atoms with Gasteiger partial charge in [-0.1, -0.05) is 11.3 Å². The first-order chi connectivity index (χ1) is 4.34. The van der Waals surface area contributed by atoms with E-state index in [1.807, 2.05) is 26.1 Å². The Balaban J connectivity index is 2.90. The summed E-state index contributed by atoms with van der Waals surface area (Å²) in [6, 6.07) is 0. The minimum atomic E-state index is 1.09. The number of nitrogens with zero attached hydrogens (tertiary/aromatic N) is 3. The molecule has 0 saturated carbocycles. The Labute approximate surface area is 54.0 Å². The van der Waals surface area contributed by atoms with Gasteiger partial charge in [0.1, 0.15) is 0 Å². The second kappa shape index (κ2) is 2.44. The number of rotatable bonds is 1. The number of aromatic nitrogens is 3. The maximum Gasteiger partial charge on any atom is 0.0697 e. The van der Waals surface area contributed by atoms with Crippen LogP contribution in [0.15, 0.2) is 18.5 Å². The molecular weight excluding hydrogens is 114 g/mol. The average molecular weight is 123 g/mol. The summed E-state index contributed by atoms with van der Waals surface area (Å²) < 4.78 is 1.72. The van der Waals surface area contributed by atoms with E-state index < -0.39 is 0 Å². The van der Waals surface area contributed by atoms with Crippen molar-refractivity contribution in [2.75, 3.05) is 0 Å². The highest BCUT2D eigenvalue weighted by Crippen LogP contribution is 1.96. The quantitative estimate of drug-likeness (QED) is 0.561. The molecule has 0 aliphatic rings. The molecule has 0 atom stereocenters. The van der Waals surface area contributed by atoms with Gasteiger partial charge in [-0.05, 0) is 13.8 Å². The predicted molar refractivity (Wildman–Crippen MR) is 35.6 cm³/mol. The zero-order chi connectivity index (χ0) is 6.69. The minimum Gasteiger partial charge on any atom is -0.226 e. The van der Waals surface area contributed by atoms with Crippen LogP contribution in [-0.2, 0) is 0 Å². The van der Waals surface area contributed by atoms with Crippen LogP contribution in [0.3, 0.4) is 0 Å². The van der Waals surface area contributed by atoms with Crippen molar-refractivity contribution >= 4 is 5.70 Å². The third-order valence-corrected chi connectivity index (χ3v) is 1.20. The van der Waals surface area contributed by atoms with Gasteiger partial charge in [-0.15, -0.1) is 5.10 Å². The smallest absolute Gasteiger partial charge is 0.0697 e. The minimum absolute atomic E-state index is 1.09. The Morgan fingerprint density at radius 3 is 2.89 bits per heavy atom. The van der Waals surface area contributed by atoms with E-state index in [4.69, 9.17) is 0 Å². The first-order valence-corrected chi connectivity index (χ1v) is 2.84. The van der Waals surface area contributed by atoms with Crippen LogP contribution in [0, 0.1) is 0 Å². The van der Waals surface area contributed by atoms with Gasteiger partial charge in [0.15, 0.2) is 0 Å². The Kier molecular flexibility index (Phi) is 1.63. The number of allylic oxidation sites excluding steroid dienone is 2. The molecule has 1 aromatic heterocycles. The lowest BCUT2D eigenvalue weighted by Gasteiger charge is -1.94. The van der Waals surface area contributed by atoms with Crippen molar-refractivity contribution in [3.63, 3.8) is 0 Å². The van der Waals surface area contributed by atoms with Crippen LogP contribution < -0.4 is 0 Å². The van der Waals surface area contributed by atoms with Crippen LogP contribution in [-0.4, -0.2) is 15.0 Å². The fourth-order valence-corrected chi connectivity index (χ4v) is 0.529. The predicted octanol–water partition coefficient (Wildman–Crippen LogP) is 1.16. The number of hydrogen-bond donors (Lipinski definition) is 0. The first kappa shape index (κ1) is 6.01. The van der Waals surface area contributed by atoms with E-state index >= 15 is 0 Å². The molecule has 0 radical (unpaired) electrons. The molecule has 3 heteroatoms. The maximum atomic E-state index is 3.79. The standard InChI is InChI=1S/C6H9N3/c1-3-6(2)9-5-4-7-8-9/h3-5H,1-2H3/b6-3+. The van der Waals surface area contributed by atoms with Gasteiger partial charge in [-0.3, -0.25) is 0 Å². The van der Waals surface area contributed by atoms with Gasteiger partial charge in [0, 0.05) is 5.70 Å². The third-order valence-electron chi connectivity index (χ3n) is 1.20. The van der Waals surface area contributed by atoms with Crippen molar-refractivity contribution in [1.82, 2.24) is 15.0 Å². The molecular formula is C6H9N3. The van der Waals surface area contributed by atoms with E-state index in [1.54, 1.807) is 10.9 Å². The van der Waals surface area contributed by atoms with Gasteiger partial charge in [0.05, 0.1) is 12.4 Å². The molecule has 3 nitrogen and oxygen atoms in total. The van der Waals surface area contributed by atoms with Crippen LogP contribution >= 0.6 is 0 Å². The van der Waals surface area contributed by atoms with Gasteiger partial charge in [-0.25, -0.2) is 4.68 Å². The van der Waals surface area contributed by atoms with Crippen molar-refractivity contribution in [1.29, 1.82) is 0 Å². The van der Waals surface area contributed by atoms with Crippen LogP contribution in [0.2, 0.25) is 0 Å². The normalized spacial score (nSPS) is 12.0. The fraction of sp³-hybridized carbons (Fsp3) is 0.333. The molecule has 0 spiro atoms. The van der Waals surface area contributed by atoms with Gasteiger partial charge < -0.3 is 0 Å². The maximum absolute atomic E-state index is 3.79. The molecule has 0 amide bonds.